The molecule has 0 bridgehead atoms. The predicted molar refractivity (Wildman–Crippen MR) is 279 cm³/mol. The fourth-order valence-corrected chi connectivity index (χ4v) is 12.7. The fourth-order valence-electron chi connectivity index (χ4n) is 9.03. The minimum absolute atomic E-state index is 0.234. The predicted octanol–water partition coefficient (Wildman–Crippen LogP) is 13.7. The number of amides is 1. The molecule has 65 heavy (non-hydrogen) atoms. The summed E-state index contributed by atoms with van der Waals surface area (Å²) in [6.07, 6.45) is 2.79. The summed E-state index contributed by atoms with van der Waals surface area (Å²) in [6.45, 7) is 19.3. The Morgan fingerprint density at radius 2 is 0.769 bits per heavy atom. The number of rotatable bonds is 22. The van der Waals surface area contributed by atoms with Crippen molar-refractivity contribution < 1.29 is 9.53 Å². The quantitative estimate of drug-likeness (QED) is 0.0541. The number of thioether (sulfide) groups is 2. The second-order valence-electron chi connectivity index (χ2n) is 19.3. The van der Waals surface area contributed by atoms with Crippen molar-refractivity contribution in [2.75, 3.05) is 39.3 Å². The lowest BCUT2D eigenvalue weighted by atomic mass is 9.84. The summed E-state index contributed by atoms with van der Waals surface area (Å²) in [5, 5.41) is 0. The number of hydrogen-bond acceptors (Lipinski definition) is 6. The smallest absolute Gasteiger partial charge is 0.410 e. The maximum Gasteiger partial charge on any atom is 0.410 e. The first-order chi connectivity index (χ1) is 31.2. The number of nitrogens with zero attached hydrogens (tertiary/aromatic N) is 2. The first-order valence-electron chi connectivity index (χ1n) is 23.3. The van der Waals surface area contributed by atoms with E-state index in [2.05, 4.69) is 215 Å². The molecule has 0 saturated heterocycles. The van der Waals surface area contributed by atoms with Gasteiger partial charge in [0, 0.05) is 35.7 Å². The molecule has 0 aliphatic heterocycles. The van der Waals surface area contributed by atoms with E-state index in [1.54, 1.807) is 0 Å². The lowest BCUT2D eigenvalue weighted by Crippen LogP contribution is -2.49. The van der Waals surface area contributed by atoms with Gasteiger partial charge in [-0.1, -0.05) is 188 Å². The van der Waals surface area contributed by atoms with E-state index >= 15 is 0 Å². The van der Waals surface area contributed by atoms with Crippen LogP contribution in [0.25, 0.3) is 0 Å². The molecule has 0 heterocycles. The Labute approximate surface area is 399 Å². The van der Waals surface area contributed by atoms with Gasteiger partial charge in [-0.3, -0.25) is 0 Å². The SMILES string of the molecule is CC(C)(C)OC(=O)N(CCN(CCCCCN)CC(C)(C)SC(c1ccccc1)(c1ccccc1)c1ccccc1)CC(C)(C)SC(c1ccccc1)(c1ccccc1)c1ccccc1. The number of benzene rings is 6. The Balaban J connectivity index is 1.34. The molecule has 0 aliphatic rings. The highest BCUT2D eigenvalue weighted by Crippen LogP contribution is 2.55. The minimum Gasteiger partial charge on any atom is -0.444 e. The van der Waals surface area contributed by atoms with Crippen LogP contribution in [0.3, 0.4) is 0 Å². The average molecular weight is 906 g/mol. The summed E-state index contributed by atoms with van der Waals surface area (Å²) in [6, 6.07) is 65.3. The van der Waals surface area contributed by atoms with Crippen LogP contribution >= 0.6 is 23.5 Å². The highest BCUT2D eigenvalue weighted by molar-refractivity contribution is 8.02. The van der Waals surface area contributed by atoms with Gasteiger partial charge in [-0.25, -0.2) is 4.79 Å². The standard InChI is InChI=1S/C58H71N3O2S2/c1-54(2,3)63-53(62)61(46-56(6,7)65-58(50-35-21-11-22-36-50,51-37-23-12-24-38-51)52-39-25-13-26-40-52)44-43-60(42-28-14-27-41-59)45-55(4,5)64-57(47-29-15-8-16-30-47,48-31-17-9-18-32-48)49-33-19-10-20-34-49/h8-13,15-26,29-40H,14,27-28,41-46,59H2,1-7H3. The van der Waals surface area contributed by atoms with Crippen LogP contribution in [0.4, 0.5) is 4.79 Å². The first-order valence-corrected chi connectivity index (χ1v) is 24.9. The molecule has 0 aliphatic carbocycles. The van der Waals surface area contributed by atoms with Crippen molar-refractivity contribution in [3.8, 4) is 0 Å². The Morgan fingerprint density at radius 3 is 1.08 bits per heavy atom. The zero-order valence-electron chi connectivity index (χ0n) is 39.8. The van der Waals surface area contributed by atoms with Crippen LogP contribution in [0.5, 0.6) is 0 Å². The summed E-state index contributed by atoms with van der Waals surface area (Å²) in [4.78, 5) is 19.1. The molecule has 0 aromatic heterocycles. The third-order valence-corrected chi connectivity index (χ3v) is 15.0. The van der Waals surface area contributed by atoms with Gasteiger partial charge in [0.05, 0.1) is 9.49 Å². The molecule has 342 valence electrons. The lowest BCUT2D eigenvalue weighted by Gasteiger charge is -2.44. The van der Waals surface area contributed by atoms with Gasteiger partial charge >= 0.3 is 6.09 Å². The largest absolute Gasteiger partial charge is 0.444 e. The van der Waals surface area contributed by atoms with Crippen LogP contribution in [0.2, 0.25) is 0 Å². The molecule has 7 heteroatoms. The van der Waals surface area contributed by atoms with Crippen molar-refractivity contribution in [2.45, 2.75) is 92.3 Å². The molecule has 1 amide bonds. The van der Waals surface area contributed by atoms with E-state index in [-0.39, 0.29) is 10.8 Å². The van der Waals surface area contributed by atoms with Crippen LogP contribution < -0.4 is 5.73 Å². The van der Waals surface area contributed by atoms with Gasteiger partial charge in [0.1, 0.15) is 5.60 Å². The molecule has 6 rings (SSSR count). The molecular formula is C58H71N3O2S2. The van der Waals surface area contributed by atoms with E-state index < -0.39 is 19.8 Å². The molecule has 0 atom stereocenters. The molecule has 0 radical (unpaired) electrons. The molecular weight excluding hydrogens is 835 g/mol. The van der Waals surface area contributed by atoms with Crippen molar-refractivity contribution in [3.05, 3.63) is 215 Å². The highest BCUT2D eigenvalue weighted by atomic mass is 32.2. The second kappa shape index (κ2) is 22.6. The Hall–Kier alpha value is -4.79. The van der Waals surface area contributed by atoms with Gasteiger partial charge in [0.25, 0.3) is 0 Å². The van der Waals surface area contributed by atoms with Crippen LogP contribution in [0, 0.1) is 0 Å². The van der Waals surface area contributed by atoms with Gasteiger partial charge < -0.3 is 20.3 Å². The van der Waals surface area contributed by atoms with Gasteiger partial charge in [-0.15, -0.1) is 23.5 Å². The molecule has 2 N–H and O–H groups in total. The van der Waals surface area contributed by atoms with Gasteiger partial charge in [0.2, 0.25) is 0 Å². The van der Waals surface area contributed by atoms with E-state index in [4.69, 9.17) is 10.5 Å². The number of unbranched alkanes of at least 4 members (excludes halogenated alkanes) is 2. The van der Waals surface area contributed by atoms with E-state index in [1.807, 2.05) is 49.2 Å². The summed E-state index contributed by atoms with van der Waals surface area (Å²) < 4.78 is 4.55. The van der Waals surface area contributed by atoms with E-state index in [1.165, 1.54) is 33.4 Å². The van der Waals surface area contributed by atoms with Crippen molar-refractivity contribution >= 4 is 29.6 Å². The average Bonchev–Trinajstić information content (AvgIpc) is 3.31. The topological polar surface area (TPSA) is 58.8 Å². The molecule has 0 saturated carbocycles. The summed E-state index contributed by atoms with van der Waals surface area (Å²) in [7, 11) is 0. The lowest BCUT2D eigenvalue weighted by molar-refractivity contribution is 0.0217. The molecule has 5 nitrogen and oxygen atoms in total. The number of hydrogen-bond donors (Lipinski definition) is 1. The Kier molecular flexibility index (Phi) is 17.3. The number of carbonyl (C=O) groups is 1. The van der Waals surface area contributed by atoms with Crippen LogP contribution in [0.1, 0.15) is 101 Å². The molecule has 0 spiro atoms. The first kappa shape index (κ1) is 49.6. The molecule has 6 aromatic carbocycles. The summed E-state index contributed by atoms with van der Waals surface area (Å²) >= 11 is 3.92. The Morgan fingerprint density at radius 1 is 0.446 bits per heavy atom. The third kappa shape index (κ3) is 13.2. The normalized spacial score (nSPS) is 12.6. The van der Waals surface area contributed by atoms with Crippen LogP contribution in [0.15, 0.2) is 182 Å². The monoisotopic (exact) mass is 905 g/mol. The number of ether oxygens (including phenoxy) is 1. The summed E-state index contributed by atoms with van der Waals surface area (Å²) in [5.74, 6) is 0. The third-order valence-electron chi connectivity index (χ3n) is 11.6. The van der Waals surface area contributed by atoms with E-state index in [9.17, 15) is 4.79 Å². The number of carbonyl (C=O) groups excluding carboxylic acids is 1. The highest BCUT2D eigenvalue weighted by Gasteiger charge is 2.45. The van der Waals surface area contributed by atoms with E-state index in [0.717, 1.165) is 32.4 Å². The van der Waals surface area contributed by atoms with Crippen molar-refractivity contribution in [1.29, 1.82) is 0 Å². The van der Waals surface area contributed by atoms with Crippen LogP contribution in [-0.2, 0) is 14.2 Å². The molecule has 0 unspecified atom stereocenters. The molecule has 0 fully saturated rings. The Bertz CT molecular complexity index is 2110. The maximum absolute atomic E-state index is 14.5. The number of nitrogens with two attached hydrogens (primary N) is 1. The van der Waals surface area contributed by atoms with Crippen molar-refractivity contribution in [1.82, 2.24) is 9.80 Å². The van der Waals surface area contributed by atoms with Crippen molar-refractivity contribution in [3.63, 3.8) is 0 Å². The zero-order valence-corrected chi connectivity index (χ0v) is 41.4. The fraction of sp³-hybridized carbons (Fsp3) is 0.362. The van der Waals surface area contributed by atoms with Crippen molar-refractivity contribution in [2.24, 2.45) is 5.73 Å². The van der Waals surface area contributed by atoms with Gasteiger partial charge in [-0.05, 0) is 108 Å². The second-order valence-corrected chi connectivity index (χ2v) is 23.2. The maximum atomic E-state index is 14.5. The zero-order chi connectivity index (χ0) is 46.4. The summed E-state index contributed by atoms with van der Waals surface area (Å²) in [5.41, 5.74) is 12.7. The van der Waals surface area contributed by atoms with Gasteiger partial charge in [-0.2, -0.15) is 0 Å². The van der Waals surface area contributed by atoms with E-state index in [0.29, 0.717) is 26.2 Å². The molecule has 6 aromatic rings. The van der Waals surface area contributed by atoms with Gasteiger partial charge in [0.15, 0.2) is 0 Å². The van der Waals surface area contributed by atoms with Crippen LogP contribution in [-0.4, -0.2) is 70.3 Å². The minimum atomic E-state index is -0.648.